The number of aromatic nitrogens is 1. The van der Waals surface area contributed by atoms with Crippen molar-refractivity contribution in [1.82, 2.24) is 14.2 Å². The third-order valence-corrected chi connectivity index (χ3v) is 10.4. The molecule has 2 aliphatic heterocycles. The standard InChI is InChI=1S/C21H24N4O3S3/c1-15-5-2-7-17-19(15)22-21(30-17)24-12-10-23(11-13-24)20(26)16-6-3-9-25(16)31(27,28)18-8-4-14-29-18/h2,4-5,7-8,14,16H,3,6,9-13H2,1H3. The van der Waals surface area contributed by atoms with Crippen molar-refractivity contribution in [1.29, 1.82) is 0 Å². The fourth-order valence-corrected chi connectivity index (χ4v) is 8.20. The zero-order valence-corrected chi connectivity index (χ0v) is 19.7. The molecule has 0 aliphatic carbocycles. The van der Waals surface area contributed by atoms with Gasteiger partial charge in [0.25, 0.3) is 10.0 Å². The van der Waals surface area contributed by atoms with E-state index in [4.69, 9.17) is 4.98 Å². The van der Waals surface area contributed by atoms with Crippen LogP contribution in [0.1, 0.15) is 18.4 Å². The molecule has 1 unspecified atom stereocenters. The number of piperazine rings is 1. The molecule has 0 N–H and O–H groups in total. The number of benzene rings is 1. The number of rotatable bonds is 4. The highest BCUT2D eigenvalue weighted by Gasteiger charge is 2.42. The van der Waals surface area contributed by atoms with E-state index in [0.29, 0.717) is 49.8 Å². The van der Waals surface area contributed by atoms with E-state index in [9.17, 15) is 13.2 Å². The molecule has 0 spiro atoms. The molecule has 2 fully saturated rings. The zero-order valence-electron chi connectivity index (χ0n) is 17.2. The van der Waals surface area contributed by atoms with Gasteiger partial charge in [0.15, 0.2) is 5.13 Å². The molecule has 2 saturated heterocycles. The lowest BCUT2D eigenvalue weighted by molar-refractivity contribution is -0.134. The fraction of sp³-hybridized carbons (Fsp3) is 0.429. The van der Waals surface area contributed by atoms with Crippen molar-refractivity contribution in [3.05, 3.63) is 41.3 Å². The number of aryl methyl sites for hydroxylation is 1. The van der Waals surface area contributed by atoms with E-state index in [-0.39, 0.29) is 5.91 Å². The lowest BCUT2D eigenvalue weighted by Gasteiger charge is -2.37. The monoisotopic (exact) mass is 476 g/mol. The summed E-state index contributed by atoms with van der Waals surface area (Å²) in [4.78, 5) is 22.1. The Hall–Kier alpha value is -2.01. The minimum absolute atomic E-state index is 0.0718. The average Bonchev–Trinajstić information content (AvgIpc) is 3.54. The van der Waals surface area contributed by atoms with Crippen molar-refractivity contribution in [3.8, 4) is 0 Å². The number of hydrogen-bond acceptors (Lipinski definition) is 7. The Balaban J connectivity index is 1.28. The van der Waals surface area contributed by atoms with Crippen molar-refractivity contribution in [2.45, 2.75) is 30.0 Å². The third kappa shape index (κ3) is 3.75. The van der Waals surface area contributed by atoms with Crippen LogP contribution >= 0.6 is 22.7 Å². The van der Waals surface area contributed by atoms with Crippen LogP contribution in [-0.4, -0.2) is 67.3 Å². The van der Waals surface area contributed by atoms with Crippen LogP contribution in [0.3, 0.4) is 0 Å². The topological polar surface area (TPSA) is 73.8 Å². The molecule has 10 heteroatoms. The largest absolute Gasteiger partial charge is 0.345 e. The molecule has 31 heavy (non-hydrogen) atoms. The van der Waals surface area contributed by atoms with Gasteiger partial charge >= 0.3 is 0 Å². The molecule has 1 amide bonds. The summed E-state index contributed by atoms with van der Waals surface area (Å²) in [6.07, 6.45) is 1.30. The van der Waals surface area contributed by atoms with E-state index in [1.807, 2.05) is 11.0 Å². The Kier molecular flexibility index (Phi) is 5.49. The highest BCUT2D eigenvalue weighted by Crippen LogP contribution is 2.32. The number of amides is 1. The molecule has 5 rings (SSSR count). The van der Waals surface area contributed by atoms with Crippen LogP contribution in [0.25, 0.3) is 10.2 Å². The van der Waals surface area contributed by atoms with Gasteiger partial charge in [0.1, 0.15) is 10.3 Å². The molecule has 0 bridgehead atoms. The number of para-hydroxylation sites is 1. The third-order valence-electron chi connectivity index (χ3n) is 6.02. The summed E-state index contributed by atoms with van der Waals surface area (Å²) >= 11 is 2.88. The van der Waals surface area contributed by atoms with E-state index >= 15 is 0 Å². The van der Waals surface area contributed by atoms with Gasteiger partial charge in [-0.15, -0.1) is 11.3 Å². The number of sulfonamides is 1. The molecule has 164 valence electrons. The molecular weight excluding hydrogens is 452 g/mol. The second-order valence-corrected chi connectivity index (χ2v) is 12.0. The smallest absolute Gasteiger partial charge is 0.253 e. The molecule has 0 saturated carbocycles. The maximum absolute atomic E-state index is 13.2. The highest BCUT2D eigenvalue weighted by atomic mass is 32.2. The Morgan fingerprint density at radius 1 is 1.10 bits per heavy atom. The summed E-state index contributed by atoms with van der Waals surface area (Å²) < 4.78 is 28.9. The number of carbonyl (C=O) groups is 1. The predicted molar refractivity (Wildman–Crippen MR) is 124 cm³/mol. The minimum Gasteiger partial charge on any atom is -0.345 e. The van der Waals surface area contributed by atoms with Crippen molar-refractivity contribution >= 4 is 54.0 Å². The Morgan fingerprint density at radius 3 is 2.61 bits per heavy atom. The van der Waals surface area contributed by atoms with Gasteiger partial charge in [0, 0.05) is 32.7 Å². The van der Waals surface area contributed by atoms with Crippen molar-refractivity contribution in [2.75, 3.05) is 37.6 Å². The van der Waals surface area contributed by atoms with Crippen LogP contribution in [-0.2, 0) is 14.8 Å². The van der Waals surface area contributed by atoms with Crippen molar-refractivity contribution in [2.24, 2.45) is 0 Å². The zero-order chi connectivity index (χ0) is 21.6. The van der Waals surface area contributed by atoms with E-state index < -0.39 is 16.1 Å². The number of anilines is 1. The summed E-state index contributed by atoms with van der Waals surface area (Å²) in [7, 11) is -3.62. The molecule has 3 aromatic rings. The summed E-state index contributed by atoms with van der Waals surface area (Å²) in [5.41, 5.74) is 2.21. The summed E-state index contributed by atoms with van der Waals surface area (Å²) in [5, 5.41) is 2.74. The van der Waals surface area contributed by atoms with E-state index in [2.05, 4.69) is 24.0 Å². The molecule has 7 nitrogen and oxygen atoms in total. The SMILES string of the molecule is Cc1cccc2sc(N3CCN(C(=O)C4CCCN4S(=O)(=O)c4cccs4)CC3)nc12. The van der Waals surface area contributed by atoms with Crippen LogP contribution < -0.4 is 4.90 Å². The molecule has 2 aromatic heterocycles. The van der Waals surface area contributed by atoms with Gasteiger partial charge in [-0.25, -0.2) is 13.4 Å². The van der Waals surface area contributed by atoms with Gasteiger partial charge in [0.2, 0.25) is 5.91 Å². The Bertz CT molecular complexity index is 1200. The second kappa shape index (κ2) is 8.16. The number of carbonyl (C=O) groups excluding carboxylic acids is 1. The first-order valence-electron chi connectivity index (χ1n) is 10.4. The van der Waals surface area contributed by atoms with Gasteiger partial charge in [0.05, 0.1) is 10.2 Å². The molecule has 0 radical (unpaired) electrons. The molecule has 2 aliphatic rings. The normalized spacial score (nSPS) is 20.6. The molecule has 4 heterocycles. The van der Waals surface area contributed by atoms with E-state index in [1.54, 1.807) is 28.8 Å². The van der Waals surface area contributed by atoms with Gasteiger partial charge in [-0.05, 0) is 42.8 Å². The van der Waals surface area contributed by atoms with E-state index in [0.717, 1.165) is 10.6 Å². The minimum atomic E-state index is -3.62. The van der Waals surface area contributed by atoms with Gasteiger partial charge in [-0.1, -0.05) is 29.5 Å². The number of hydrogen-bond donors (Lipinski definition) is 0. The van der Waals surface area contributed by atoms with Crippen LogP contribution in [0.2, 0.25) is 0 Å². The first-order valence-corrected chi connectivity index (χ1v) is 13.5. The first-order chi connectivity index (χ1) is 14.9. The fourth-order valence-electron chi connectivity index (χ4n) is 4.34. The van der Waals surface area contributed by atoms with Crippen LogP contribution in [0.15, 0.2) is 39.9 Å². The molecular formula is C21H24N4O3S3. The Labute approximate surface area is 190 Å². The average molecular weight is 477 g/mol. The lowest BCUT2D eigenvalue weighted by Crippen LogP contribution is -2.54. The van der Waals surface area contributed by atoms with E-state index in [1.165, 1.54) is 25.9 Å². The predicted octanol–water partition coefficient (Wildman–Crippen LogP) is 3.17. The summed E-state index contributed by atoms with van der Waals surface area (Å²) in [6.45, 7) is 5.04. The highest BCUT2D eigenvalue weighted by molar-refractivity contribution is 7.91. The van der Waals surface area contributed by atoms with Crippen molar-refractivity contribution in [3.63, 3.8) is 0 Å². The van der Waals surface area contributed by atoms with Crippen LogP contribution in [0.5, 0.6) is 0 Å². The summed E-state index contributed by atoms with van der Waals surface area (Å²) in [5.74, 6) is -0.0718. The van der Waals surface area contributed by atoms with Gasteiger partial charge in [-0.3, -0.25) is 4.79 Å². The quantitative estimate of drug-likeness (QED) is 0.578. The van der Waals surface area contributed by atoms with Crippen molar-refractivity contribution < 1.29 is 13.2 Å². The maximum atomic E-state index is 13.2. The number of fused-ring (bicyclic) bond motifs is 1. The van der Waals surface area contributed by atoms with Gasteiger partial charge in [-0.2, -0.15) is 4.31 Å². The second-order valence-electron chi connectivity index (χ2n) is 7.94. The number of nitrogens with zero attached hydrogens (tertiary/aromatic N) is 4. The van der Waals surface area contributed by atoms with Gasteiger partial charge < -0.3 is 9.80 Å². The number of thiophene rings is 1. The molecule has 1 atom stereocenters. The lowest BCUT2D eigenvalue weighted by atomic mass is 10.2. The number of thiazole rings is 1. The Morgan fingerprint density at radius 2 is 1.90 bits per heavy atom. The first kappa shape index (κ1) is 20.9. The van der Waals surface area contributed by atoms with Crippen LogP contribution in [0.4, 0.5) is 5.13 Å². The maximum Gasteiger partial charge on any atom is 0.253 e. The van der Waals surface area contributed by atoms with Crippen LogP contribution in [0, 0.1) is 6.92 Å². The summed E-state index contributed by atoms with van der Waals surface area (Å²) in [6, 6.07) is 8.95. The molecule has 1 aromatic carbocycles.